The zero-order chi connectivity index (χ0) is 21.5. The minimum absolute atomic E-state index is 0.0383. The van der Waals surface area contributed by atoms with E-state index in [0.717, 1.165) is 16.9 Å². The summed E-state index contributed by atoms with van der Waals surface area (Å²) in [6, 6.07) is 14.7. The van der Waals surface area contributed by atoms with Gasteiger partial charge in [-0.25, -0.2) is 0 Å². The lowest BCUT2D eigenvalue weighted by Crippen LogP contribution is -2.38. The van der Waals surface area contributed by atoms with Gasteiger partial charge in [-0.1, -0.05) is 38.1 Å². The van der Waals surface area contributed by atoms with Crippen molar-refractivity contribution in [2.45, 2.75) is 33.2 Å². The third-order valence-electron chi connectivity index (χ3n) is 4.83. The van der Waals surface area contributed by atoms with E-state index < -0.39 is 0 Å². The van der Waals surface area contributed by atoms with Crippen LogP contribution in [0.5, 0.6) is 5.75 Å². The van der Waals surface area contributed by atoms with Crippen LogP contribution in [-0.2, 0) is 20.9 Å². The molecule has 3 rings (SSSR count). The molecule has 2 aromatic carbocycles. The zero-order valence-electron chi connectivity index (χ0n) is 17.3. The van der Waals surface area contributed by atoms with Gasteiger partial charge in [-0.15, -0.1) is 0 Å². The van der Waals surface area contributed by atoms with Gasteiger partial charge < -0.3 is 20.3 Å². The molecule has 0 aliphatic carbocycles. The average Bonchev–Trinajstić information content (AvgIpc) is 2.76. The number of benzene rings is 2. The molecule has 1 aliphatic heterocycles. The maximum atomic E-state index is 12.6. The fraction of sp³-hybridized carbons (Fsp3) is 0.348. The highest BCUT2D eigenvalue weighted by atomic mass is 16.5. The van der Waals surface area contributed by atoms with Crippen molar-refractivity contribution in [3.05, 3.63) is 54.1 Å². The van der Waals surface area contributed by atoms with E-state index in [2.05, 4.69) is 10.6 Å². The molecule has 0 radical (unpaired) electrons. The van der Waals surface area contributed by atoms with Crippen LogP contribution in [0.25, 0.3) is 0 Å². The van der Waals surface area contributed by atoms with E-state index in [1.165, 1.54) is 0 Å². The number of nitrogens with one attached hydrogen (secondary N) is 2. The number of carbonyl (C=O) groups excluding carboxylic acids is 3. The van der Waals surface area contributed by atoms with Gasteiger partial charge in [-0.3, -0.25) is 14.4 Å². The maximum absolute atomic E-state index is 12.6. The molecule has 0 aromatic heterocycles. The molecule has 0 saturated carbocycles. The smallest absolute Gasteiger partial charge is 0.227 e. The van der Waals surface area contributed by atoms with Crippen LogP contribution in [0.15, 0.2) is 48.5 Å². The Bertz CT molecular complexity index is 909. The van der Waals surface area contributed by atoms with Gasteiger partial charge in [0.15, 0.2) is 0 Å². The van der Waals surface area contributed by atoms with Crippen molar-refractivity contribution >= 4 is 29.1 Å². The van der Waals surface area contributed by atoms with Gasteiger partial charge in [-0.05, 0) is 29.8 Å². The Labute approximate surface area is 176 Å². The molecule has 0 atom stereocenters. The topological polar surface area (TPSA) is 87.7 Å². The van der Waals surface area contributed by atoms with E-state index in [4.69, 9.17) is 4.74 Å². The molecule has 2 N–H and O–H groups in total. The second-order valence-electron chi connectivity index (χ2n) is 7.48. The first-order valence-electron chi connectivity index (χ1n) is 10.1. The molecule has 2 aromatic rings. The van der Waals surface area contributed by atoms with Crippen LogP contribution in [0.1, 0.15) is 32.3 Å². The van der Waals surface area contributed by atoms with Gasteiger partial charge in [0.25, 0.3) is 0 Å². The molecule has 0 unspecified atom stereocenters. The number of hydrogen-bond acceptors (Lipinski definition) is 4. The highest BCUT2D eigenvalue weighted by molar-refractivity contribution is 5.97. The molecule has 3 amide bonds. The maximum Gasteiger partial charge on any atom is 0.227 e. The van der Waals surface area contributed by atoms with Crippen molar-refractivity contribution < 1.29 is 19.1 Å². The minimum atomic E-state index is -0.179. The van der Waals surface area contributed by atoms with E-state index in [1.54, 1.807) is 17.0 Å². The lowest BCUT2D eigenvalue weighted by Gasteiger charge is -2.29. The summed E-state index contributed by atoms with van der Waals surface area (Å²) >= 11 is 0. The van der Waals surface area contributed by atoms with Gasteiger partial charge in [-0.2, -0.15) is 0 Å². The van der Waals surface area contributed by atoms with Gasteiger partial charge in [0.05, 0.1) is 12.2 Å². The molecule has 0 spiro atoms. The number of anilines is 2. The van der Waals surface area contributed by atoms with Crippen molar-refractivity contribution in [3.63, 3.8) is 0 Å². The molecular formula is C23H27N3O4. The Morgan fingerprint density at radius 3 is 2.50 bits per heavy atom. The largest absolute Gasteiger partial charge is 0.490 e. The number of para-hydroxylation sites is 2. The van der Waals surface area contributed by atoms with E-state index in [-0.39, 0.29) is 36.5 Å². The van der Waals surface area contributed by atoms with Gasteiger partial charge >= 0.3 is 0 Å². The molecule has 7 nitrogen and oxygen atoms in total. The Morgan fingerprint density at radius 2 is 1.77 bits per heavy atom. The molecule has 0 bridgehead atoms. The highest BCUT2D eigenvalue weighted by Crippen LogP contribution is 2.31. The summed E-state index contributed by atoms with van der Waals surface area (Å²) in [5.41, 5.74) is 2.39. The summed E-state index contributed by atoms with van der Waals surface area (Å²) < 4.78 is 5.56. The third kappa shape index (κ3) is 5.59. The number of amides is 3. The van der Waals surface area contributed by atoms with E-state index in [9.17, 15) is 14.4 Å². The minimum Gasteiger partial charge on any atom is -0.490 e. The summed E-state index contributed by atoms with van der Waals surface area (Å²) in [6.07, 6.45) is 0.265. The lowest BCUT2D eigenvalue weighted by atomic mass is 10.1. The SMILES string of the molecule is CC(C)C(=O)Nc1ccc(CNC(=O)CCC(=O)N2CCOc3ccccc32)cc1. The van der Waals surface area contributed by atoms with Crippen molar-refractivity contribution in [3.8, 4) is 5.75 Å². The first-order chi connectivity index (χ1) is 14.4. The van der Waals surface area contributed by atoms with Crippen molar-refractivity contribution in [1.29, 1.82) is 0 Å². The average molecular weight is 409 g/mol. The zero-order valence-corrected chi connectivity index (χ0v) is 17.3. The first kappa shape index (κ1) is 21.4. The lowest BCUT2D eigenvalue weighted by molar-refractivity contribution is -0.125. The molecule has 30 heavy (non-hydrogen) atoms. The number of ether oxygens (including phenoxy) is 1. The Morgan fingerprint density at radius 1 is 1.03 bits per heavy atom. The summed E-state index contributed by atoms with van der Waals surface area (Å²) in [5, 5.41) is 5.66. The van der Waals surface area contributed by atoms with E-state index in [1.807, 2.05) is 50.2 Å². The Kier molecular flexibility index (Phi) is 7.06. The van der Waals surface area contributed by atoms with Gasteiger partial charge in [0.1, 0.15) is 12.4 Å². The van der Waals surface area contributed by atoms with Crippen molar-refractivity contribution in [1.82, 2.24) is 5.32 Å². The summed E-state index contributed by atoms with van der Waals surface area (Å²) in [4.78, 5) is 38.1. The molecule has 7 heteroatoms. The second kappa shape index (κ2) is 9.91. The normalized spacial score (nSPS) is 12.7. The Balaban J connectivity index is 1.44. The van der Waals surface area contributed by atoms with Crippen LogP contribution in [0.3, 0.4) is 0 Å². The molecular weight excluding hydrogens is 382 g/mol. The van der Waals surface area contributed by atoms with Crippen molar-refractivity contribution in [2.24, 2.45) is 5.92 Å². The number of hydrogen-bond donors (Lipinski definition) is 2. The highest BCUT2D eigenvalue weighted by Gasteiger charge is 2.23. The third-order valence-corrected chi connectivity index (χ3v) is 4.83. The van der Waals surface area contributed by atoms with E-state index in [0.29, 0.717) is 25.4 Å². The van der Waals surface area contributed by atoms with Crippen LogP contribution in [0.2, 0.25) is 0 Å². The van der Waals surface area contributed by atoms with Crippen LogP contribution in [0, 0.1) is 5.92 Å². The summed E-state index contributed by atoms with van der Waals surface area (Å²) in [6.45, 7) is 4.97. The number of carbonyl (C=O) groups is 3. The fourth-order valence-corrected chi connectivity index (χ4v) is 3.07. The van der Waals surface area contributed by atoms with Crippen LogP contribution in [-0.4, -0.2) is 30.9 Å². The first-order valence-corrected chi connectivity index (χ1v) is 10.1. The van der Waals surface area contributed by atoms with Crippen LogP contribution in [0.4, 0.5) is 11.4 Å². The van der Waals surface area contributed by atoms with Crippen LogP contribution >= 0.6 is 0 Å². The van der Waals surface area contributed by atoms with Gasteiger partial charge in [0.2, 0.25) is 17.7 Å². The van der Waals surface area contributed by atoms with Crippen molar-refractivity contribution in [2.75, 3.05) is 23.4 Å². The fourth-order valence-electron chi connectivity index (χ4n) is 3.07. The molecule has 0 saturated heterocycles. The molecule has 158 valence electrons. The standard InChI is InChI=1S/C23H27N3O4/c1-16(2)23(29)25-18-9-7-17(8-10-18)15-24-21(27)11-12-22(28)26-13-14-30-20-6-4-3-5-19(20)26/h3-10,16H,11-15H2,1-2H3,(H,24,27)(H,25,29). The second-order valence-corrected chi connectivity index (χ2v) is 7.48. The molecule has 1 aliphatic rings. The molecule has 0 fully saturated rings. The number of nitrogens with zero attached hydrogens (tertiary/aromatic N) is 1. The van der Waals surface area contributed by atoms with Gasteiger partial charge in [0, 0.05) is 31.0 Å². The monoisotopic (exact) mass is 409 g/mol. The van der Waals surface area contributed by atoms with E-state index >= 15 is 0 Å². The number of rotatable bonds is 7. The molecule has 1 heterocycles. The predicted molar refractivity (Wildman–Crippen MR) is 115 cm³/mol. The summed E-state index contributed by atoms with van der Waals surface area (Å²) in [7, 11) is 0. The predicted octanol–water partition coefficient (Wildman–Crippen LogP) is 3.10. The van der Waals surface area contributed by atoms with Crippen LogP contribution < -0.4 is 20.3 Å². The number of fused-ring (bicyclic) bond motifs is 1. The summed E-state index contributed by atoms with van der Waals surface area (Å²) in [5.74, 6) is 0.295. The Hall–Kier alpha value is -3.35. The quantitative estimate of drug-likeness (QED) is 0.736.